The number of phenols is 1. The molecule has 0 spiro atoms. The molecule has 1 aromatic heterocycles. The Morgan fingerprint density at radius 2 is 1.64 bits per heavy atom. The van der Waals surface area contributed by atoms with Gasteiger partial charge in [0.25, 0.3) is 0 Å². The number of carbonyl (C=O) groups is 1. The number of piperidine rings is 1. The number of Topliss-reactive ketones (excluding diaryl/α,β-unsaturated/α-hetero) is 1. The molecule has 0 radical (unpaired) electrons. The third-order valence-corrected chi connectivity index (χ3v) is 11.2. The lowest BCUT2D eigenvalue weighted by Gasteiger charge is -2.34. The van der Waals surface area contributed by atoms with E-state index in [1.807, 2.05) is 0 Å². The molecule has 9 rings (SSSR count). The van der Waals surface area contributed by atoms with Crippen LogP contribution in [-0.4, -0.2) is 77.2 Å². The quantitative estimate of drug-likeness (QED) is 0.270. The molecular weight excluding hydrogens is 607 g/mol. The van der Waals surface area contributed by atoms with Crippen LogP contribution in [0.5, 0.6) is 11.8 Å². The first kappa shape index (κ1) is 29.2. The van der Waals surface area contributed by atoms with Gasteiger partial charge in [-0.15, -0.1) is 0 Å². The van der Waals surface area contributed by atoms with Gasteiger partial charge >= 0.3 is 6.01 Å². The Balaban J connectivity index is 1.09. The van der Waals surface area contributed by atoms with Crippen LogP contribution in [0, 0.1) is 34.7 Å². The highest BCUT2D eigenvalue weighted by Crippen LogP contribution is 2.48. The molecule has 3 saturated heterocycles. The van der Waals surface area contributed by atoms with E-state index < -0.39 is 17.5 Å². The average molecular weight is 644 g/mol. The van der Waals surface area contributed by atoms with Crippen LogP contribution in [0.15, 0.2) is 36.4 Å². The monoisotopic (exact) mass is 643 g/mol. The zero-order valence-corrected chi connectivity index (χ0v) is 25.9. The van der Waals surface area contributed by atoms with Crippen LogP contribution < -0.4 is 15.0 Å². The molecule has 47 heavy (non-hydrogen) atoms. The van der Waals surface area contributed by atoms with Crippen molar-refractivity contribution in [3.05, 3.63) is 53.8 Å². The van der Waals surface area contributed by atoms with Crippen LogP contribution in [0.1, 0.15) is 38.5 Å². The second-order valence-corrected chi connectivity index (χ2v) is 14.5. The Bertz CT molecular complexity index is 1920. The Morgan fingerprint density at radius 3 is 2.36 bits per heavy atom. The number of carbonyl (C=O) groups excluding carboxylic acids is 1. The van der Waals surface area contributed by atoms with E-state index in [-0.39, 0.29) is 56.4 Å². The van der Waals surface area contributed by atoms with Crippen molar-refractivity contribution in [1.82, 2.24) is 20.2 Å². The largest absolute Gasteiger partial charge is 0.508 e. The first-order chi connectivity index (χ1) is 22.7. The number of piperazine rings is 1. The van der Waals surface area contributed by atoms with Gasteiger partial charge in [0.1, 0.15) is 22.9 Å². The molecule has 8 nitrogen and oxygen atoms in total. The maximum Gasteiger partial charge on any atom is 0.319 e. The molecule has 4 unspecified atom stereocenters. The van der Waals surface area contributed by atoms with Crippen molar-refractivity contribution in [3.63, 3.8) is 0 Å². The van der Waals surface area contributed by atoms with Crippen LogP contribution in [0.2, 0.25) is 0 Å². The fourth-order valence-electron chi connectivity index (χ4n) is 8.63. The molecule has 2 saturated carbocycles. The number of anilines is 1. The van der Waals surface area contributed by atoms with Gasteiger partial charge in [0.15, 0.2) is 17.5 Å². The SMILES string of the molecule is O=C1C2CCC1CN(CC1(COc3nc(N4CC5CCC(C4)N5)c4ccc(-c5cc(O)cc6ccc(F)c(F)c56)c(F)c4n3)CC1)C2. The predicted molar refractivity (Wildman–Crippen MR) is 171 cm³/mol. The first-order valence-electron chi connectivity index (χ1n) is 16.7. The molecule has 4 aromatic rings. The van der Waals surface area contributed by atoms with Crippen molar-refractivity contribution in [2.75, 3.05) is 44.2 Å². The third kappa shape index (κ3) is 5.01. The summed E-state index contributed by atoms with van der Waals surface area (Å²) >= 11 is 0. The summed E-state index contributed by atoms with van der Waals surface area (Å²) in [5.74, 6) is -1.77. The number of rotatable bonds is 7. The molecule has 2 aliphatic carbocycles. The number of halogens is 3. The van der Waals surface area contributed by atoms with Gasteiger partial charge in [-0.25, -0.2) is 13.2 Å². The number of aromatic nitrogens is 2. The number of aromatic hydroxyl groups is 1. The minimum atomic E-state index is -1.11. The summed E-state index contributed by atoms with van der Waals surface area (Å²) in [4.78, 5) is 26.5. The number of nitrogens with one attached hydrogen (secondary N) is 1. The maximum atomic E-state index is 16.7. The highest BCUT2D eigenvalue weighted by Gasteiger charge is 2.48. The van der Waals surface area contributed by atoms with E-state index >= 15 is 8.78 Å². The van der Waals surface area contributed by atoms with Crippen molar-refractivity contribution in [2.24, 2.45) is 17.3 Å². The first-order valence-corrected chi connectivity index (χ1v) is 16.7. The molecule has 3 aromatic carbocycles. The van der Waals surface area contributed by atoms with Crippen LogP contribution in [0.3, 0.4) is 0 Å². The standard InChI is InChI=1S/C36H36F3N5O3/c37-28-8-3-19-11-24(45)12-27(29(19)31(28)39)25-6-7-26-32(30(25)38)41-35(42-34(26)44-15-22-4-5-23(16-44)40-22)47-18-36(9-10-36)17-43-13-20-1-2-21(14-43)33(20)46/h3,6-8,11-12,20-23,40,45H,1-2,4-5,9-10,13-18H2. The van der Waals surface area contributed by atoms with Crippen molar-refractivity contribution in [3.8, 4) is 22.9 Å². The number of hydrogen-bond donors (Lipinski definition) is 2. The lowest BCUT2D eigenvalue weighted by molar-refractivity contribution is -0.127. The topological polar surface area (TPSA) is 90.8 Å². The average Bonchev–Trinajstić information content (AvgIpc) is 3.70. The predicted octanol–water partition coefficient (Wildman–Crippen LogP) is 5.58. The number of fused-ring (bicyclic) bond motifs is 6. The lowest BCUT2D eigenvalue weighted by Crippen LogP contribution is -2.51. The summed E-state index contributed by atoms with van der Waals surface area (Å²) in [6, 6.07) is 8.87. The second kappa shape index (κ2) is 10.8. The van der Waals surface area contributed by atoms with E-state index in [9.17, 15) is 14.3 Å². The minimum Gasteiger partial charge on any atom is -0.508 e. The maximum absolute atomic E-state index is 16.7. The fraction of sp³-hybridized carbons (Fsp3) is 0.472. The van der Waals surface area contributed by atoms with E-state index in [0.29, 0.717) is 48.8 Å². The number of nitrogens with zero attached hydrogens (tertiary/aromatic N) is 4. The second-order valence-electron chi connectivity index (χ2n) is 14.5. The van der Waals surface area contributed by atoms with Gasteiger partial charge in [-0.05, 0) is 73.7 Å². The van der Waals surface area contributed by atoms with Crippen LogP contribution in [-0.2, 0) is 4.79 Å². The summed E-state index contributed by atoms with van der Waals surface area (Å²) < 4.78 is 52.6. The van der Waals surface area contributed by atoms with Crippen molar-refractivity contribution in [1.29, 1.82) is 0 Å². The van der Waals surface area contributed by atoms with Gasteiger partial charge in [-0.1, -0.05) is 12.1 Å². The zero-order valence-electron chi connectivity index (χ0n) is 25.9. The summed E-state index contributed by atoms with van der Waals surface area (Å²) in [5, 5.41) is 14.7. The van der Waals surface area contributed by atoms with E-state index in [1.54, 1.807) is 6.07 Å². The number of ketones is 1. The summed E-state index contributed by atoms with van der Waals surface area (Å²) in [6.07, 6.45) is 6.09. The molecule has 11 heteroatoms. The Kier molecular flexibility index (Phi) is 6.70. The number of benzene rings is 3. The Labute approximate surface area is 269 Å². The normalized spacial score (nSPS) is 26.4. The Morgan fingerprint density at radius 1 is 0.894 bits per heavy atom. The number of hydrogen-bond acceptors (Lipinski definition) is 8. The molecule has 4 heterocycles. The van der Waals surface area contributed by atoms with E-state index in [4.69, 9.17) is 9.72 Å². The number of ether oxygens (including phenoxy) is 1. The van der Waals surface area contributed by atoms with Crippen molar-refractivity contribution < 1.29 is 27.8 Å². The highest BCUT2D eigenvalue weighted by atomic mass is 19.2. The van der Waals surface area contributed by atoms with Crippen molar-refractivity contribution in [2.45, 2.75) is 50.6 Å². The van der Waals surface area contributed by atoms with E-state index in [2.05, 4.69) is 20.1 Å². The summed E-state index contributed by atoms with van der Waals surface area (Å²) in [7, 11) is 0. The van der Waals surface area contributed by atoms with Gasteiger partial charge in [-0.2, -0.15) is 9.97 Å². The van der Waals surface area contributed by atoms with Gasteiger partial charge in [0.2, 0.25) is 0 Å². The van der Waals surface area contributed by atoms with Crippen LogP contribution in [0.25, 0.3) is 32.8 Å². The molecule has 0 amide bonds. The molecule has 3 aliphatic heterocycles. The molecule has 4 atom stereocenters. The molecule has 5 aliphatic rings. The molecular formula is C36H36F3N5O3. The summed E-state index contributed by atoms with van der Waals surface area (Å²) in [6.45, 7) is 4.27. The minimum absolute atomic E-state index is 0.00757. The van der Waals surface area contributed by atoms with E-state index in [0.717, 1.165) is 64.2 Å². The third-order valence-electron chi connectivity index (χ3n) is 11.2. The molecule has 2 N–H and O–H groups in total. The Hall–Kier alpha value is -3.96. The van der Waals surface area contributed by atoms with Gasteiger partial charge in [0, 0.05) is 78.4 Å². The van der Waals surface area contributed by atoms with Crippen LogP contribution in [0.4, 0.5) is 19.0 Å². The molecule has 5 fully saturated rings. The number of phenolic OH excluding ortho intramolecular Hbond substituents is 1. The number of likely N-dealkylation sites (tertiary alicyclic amines) is 1. The van der Waals surface area contributed by atoms with Gasteiger partial charge in [0.05, 0.1) is 6.61 Å². The summed E-state index contributed by atoms with van der Waals surface area (Å²) in [5.41, 5.74) is -0.01000. The van der Waals surface area contributed by atoms with Crippen molar-refractivity contribution >= 4 is 33.3 Å². The van der Waals surface area contributed by atoms with Gasteiger partial charge in [-0.3, -0.25) is 4.79 Å². The molecule has 244 valence electrons. The van der Waals surface area contributed by atoms with E-state index in [1.165, 1.54) is 24.3 Å². The lowest BCUT2D eigenvalue weighted by atomic mass is 9.95. The highest BCUT2D eigenvalue weighted by molar-refractivity contribution is 6.01. The van der Waals surface area contributed by atoms with Crippen LogP contribution >= 0.6 is 0 Å². The smallest absolute Gasteiger partial charge is 0.319 e. The van der Waals surface area contributed by atoms with Gasteiger partial charge < -0.3 is 25.0 Å². The molecule has 4 bridgehead atoms. The fourth-order valence-corrected chi connectivity index (χ4v) is 8.63. The zero-order chi connectivity index (χ0) is 32.0.